The standard InChI is InChI=1S/C17H21BN6O3/c1-2-26-16(25)9-3-5-10(6-4-9)21-8-7-11-12-13(19)22-17(20)24-14(12)23-15(11)27-18/h3-6,11,15,21H,2,7-8H2,1H3,(H5,19,20,22,23,24). The molecule has 2 unspecified atom stereocenters. The number of nitrogen functional groups attached to an aromatic ring is 2. The van der Waals surface area contributed by atoms with Crippen LogP contribution in [-0.2, 0) is 9.39 Å². The number of nitrogens with zero attached hydrogens (tertiary/aromatic N) is 2. The zero-order chi connectivity index (χ0) is 19.4. The van der Waals surface area contributed by atoms with Gasteiger partial charge in [-0.05, 0) is 37.6 Å². The summed E-state index contributed by atoms with van der Waals surface area (Å²) >= 11 is 0. The first-order chi connectivity index (χ1) is 13.0. The molecule has 1 aliphatic rings. The normalized spacial score (nSPS) is 17.8. The van der Waals surface area contributed by atoms with E-state index in [-0.39, 0.29) is 17.8 Å². The summed E-state index contributed by atoms with van der Waals surface area (Å²) in [4.78, 5) is 19.8. The van der Waals surface area contributed by atoms with E-state index in [2.05, 4.69) is 20.6 Å². The van der Waals surface area contributed by atoms with Gasteiger partial charge in [0.2, 0.25) is 5.95 Å². The predicted octanol–water partition coefficient (Wildman–Crippen LogP) is 1.26. The average molecular weight is 368 g/mol. The Kier molecular flexibility index (Phi) is 5.65. The fourth-order valence-electron chi connectivity index (χ4n) is 3.10. The molecule has 140 valence electrons. The van der Waals surface area contributed by atoms with E-state index in [1.165, 1.54) is 0 Å². The first-order valence-electron chi connectivity index (χ1n) is 8.59. The number of esters is 1. The second-order valence-corrected chi connectivity index (χ2v) is 6.05. The molecule has 2 heterocycles. The second-order valence-electron chi connectivity index (χ2n) is 6.05. The minimum absolute atomic E-state index is 0.0926. The van der Waals surface area contributed by atoms with Crippen LogP contribution in [0.5, 0.6) is 0 Å². The number of benzene rings is 1. The highest BCUT2D eigenvalue weighted by atomic mass is 16.5. The van der Waals surface area contributed by atoms with Gasteiger partial charge in [0.05, 0.1) is 12.2 Å². The van der Waals surface area contributed by atoms with Crippen LogP contribution in [0.25, 0.3) is 0 Å². The Balaban J connectivity index is 1.63. The van der Waals surface area contributed by atoms with Gasteiger partial charge in [0, 0.05) is 23.7 Å². The van der Waals surface area contributed by atoms with E-state index in [9.17, 15) is 4.79 Å². The van der Waals surface area contributed by atoms with Crippen molar-refractivity contribution in [2.45, 2.75) is 25.5 Å². The lowest BCUT2D eigenvalue weighted by atomic mass is 9.97. The van der Waals surface area contributed by atoms with Crippen LogP contribution in [0, 0.1) is 0 Å². The summed E-state index contributed by atoms with van der Waals surface area (Å²) in [7, 11) is 5.40. The van der Waals surface area contributed by atoms with Crippen molar-refractivity contribution in [1.82, 2.24) is 9.97 Å². The minimum atomic E-state index is -0.466. The van der Waals surface area contributed by atoms with Crippen LogP contribution in [0.2, 0.25) is 0 Å². The van der Waals surface area contributed by atoms with Crippen molar-refractivity contribution < 1.29 is 14.2 Å². The molecule has 27 heavy (non-hydrogen) atoms. The fourth-order valence-corrected chi connectivity index (χ4v) is 3.10. The Hall–Kier alpha value is -3.01. The molecule has 0 amide bonds. The van der Waals surface area contributed by atoms with Crippen LogP contribution in [0.4, 0.5) is 23.3 Å². The van der Waals surface area contributed by atoms with Crippen molar-refractivity contribution in [3.8, 4) is 0 Å². The van der Waals surface area contributed by atoms with Crippen LogP contribution < -0.4 is 22.1 Å². The average Bonchev–Trinajstić information content (AvgIpc) is 3.00. The van der Waals surface area contributed by atoms with Crippen molar-refractivity contribution in [1.29, 1.82) is 0 Å². The molecule has 1 aromatic heterocycles. The summed E-state index contributed by atoms with van der Waals surface area (Å²) in [5.74, 6) is 0.481. The first kappa shape index (κ1) is 18.8. The van der Waals surface area contributed by atoms with Crippen LogP contribution >= 0.6 is 0 Å². The van der Waals surface area contributed by atoms with E-state index in [4.69, 9.17) is 28.9 Å². The number of carbonyl (C=O) groups excluding carboxylic acids is 1. The molecule has 9 nitrogen and oxygen atoms in total. The lowest BCUT2D eigenvalue weighted by Gasteiger charge is -2.20. The van der Waals surface area contributed by atoms with Gasteiger partial charge < -0.3 is 31.5 Å². The van der Waals surface area contributed by atoms with Gasteiger partial charge in [0.15, 0.2) is 0 Å². The number of fused-ring (bicyclic) bond motifs is 1. The lowest BCUT2D eigenvalue weighted by Crippen LogP contribution is -2.25. The number of aromatic nitrogens is 2. The van der Waals surface area contributed by atoms with Gasteiger partial charge in [-0.25, -0.2) is 4.79 Å². The molecule has 3 rings (SSSR count). The zero-order valence-electron chi connectivity index (χ0n) is 14.9. The molecule has 0 spiro atoms. The van der Waals surface area contributed by atoms with E-state index in [1.54, 1.807) is 19.1 Å². The lowest BCUT2D eigenvalue weighted by molar-refractivity contribution is 0.0526. The number of nitrogens with two attached hydrogens (primary N) is 2. The Labute approximate surface area is 158 Å². The Morgan fingerprint density at radius 3 is 2.70 bits per heavy atom. The number of anilines is 4. The SMILES string of the molecule is [B]OC1Nc2nc(N)nc(N)c2C1CCNc1ccc(C(=O)OCC)cc1. The molecule has 1 aliphatic heterocycles. The molecule has 10 heteroatoms. The monoisotopic (exact) mass is 368 g/mol. The van der Waals surface area contributed by atoms with Crippen molar-refractivity contribution in [2.24, 2.45) is 0 Å². The molecular weight excluding hydrogens is 347 g/mol. The maximum atomic E-state index is 11.7. The third-order valence-electron chi connectivity index (χ3n) is 4.33. The highest BCUT2D eigenvalue weighted by molar-refractivity contribution is 5.98. The summed E-state index contributed by atoms with van der Waals surface area (Å²) in [5, 5.41) is 6.35. The topological polar surface area (TPSA) is 137 Å². The quantitative estimate of drug-likeness (QED) is 0.420. The summed E-state index contributed by atoms with van der Waals surface area (Å²) in [6.07, 6.45) is 0.199. The van der Waals surface area contributed by atoms with Crippen LogP contribution in [0.3, 0.4) is 0 Å². The number of hydrogen-bond donors (Lipinski definition) is 4. The van der Waals surface area contributed by atoms with E-state index in [0.717, 1.165) is 11.3 Å². The van der Waals surface area contributed by atoms with Crippen LogP contribution in [0.1, 0.15) is 35.2 Å². The molecule has 6 N–H and O–H groups in total. The molecule has 0 aliphatic carbocycles. The molecule has 2 radical (unpaired) electrons. The van der Waals surface area contributed by atoms with Crippen molar-refractivity contribution >= 4 is 37.3 Å². The molecule has 1 aromatic carbocycles. The number of rotatable bonds is 7. The first-order valence-corrected chi connectivity index (χ1v) is 8.59. The molecule has 0 bridgehead atoms. The van der Waals surface area contributed by atoms with Gasteiger partial charge in [-0.1, -0.05) is 0 Å². The Morgan fingerprint density at radius 2 is 2.04 bits per heavy atom. The maximum absolute atomic E-state index is 11.7. The van der Waals surface area contributed by atoms with Gasteiger partial charge in [-0.3, -0.25) is 0 Å². The summed E-state index contributed by atoms with van der Waals surface area (Å²) in [5.41, 5.74) is 13.8. The van der Waals surface area contributed by atoms with E-state index < -0.39 is 6.23 Å². The molecule has 0 fully saturated rings. The van der Waals surface area contributed by atoms with Crippen molar-refractivity contribution in [3.63, 3.8) is 0 Å². The van der Waals surface area contributed by atoms with Gasteiger partial charge in [-0.15, -0.1) is 0 Å². The second kappa shape index (κ2) is 8.13. The summed E-state index contributed by atoms with van der Waals surface area (Å²) in [6.45, 7) is 2.74. The Morgan fingerprint density at radius 1 is 1.30 bits per heavy atom. The van der Waals surface area contributed by atoms with Gasteiger partial charge >= 0.3 is 5.97 Å². The zero-order valence-corrected chi connectivity index (χ0v) is 14.9. The van der Waals surface area contributed by atoms with E-state index in [0.29, 0.717) is 36.8 Å². The van der Waals surface area contributed by atoms with E-state index >= 15 is 0 Å². The minimum Gasteiger partial charge on any atom is -0.462 e. The number of hydrogen-bond acceptors (Lipinski definition) is 9. The molecule has 0 saturated carbocycles. The van der Waals surface area contributed by atoms with Gasteiger partial charge in [0.1, 0.15) is 17.9 Å². The molecule has 0 saturated heterocycles. The number of carbonyl (C=O) groups is 1. The maximum Gasteiger partial charge on any atom is 0.338 e. The Bertz CT molecular complexity index is 817. The molecular formula is C17H21BN6O3. The number of nitrogens with one attached hydrogen (secondary N) is 2. The van der Waals surface area contributed by atoms with E-state index in [1.807, 2.05) is 12.1 Å². The molecule has 2 aromatic rings. The fraction of sp³-hybridized carbons (Fsp3) is 0.353. The van der Waals surface area contributed by atoms with Crippen molar-refractivity contribution in [2.75, 3.05) is 35.3 Å². The largest absolute Gasteiger partial charge is 0.462 e. The third-order valence-corrected chi connectivity index (χ3v) is 4.33. The van der Waals surface area contributed by atoms with Crippen molar-refractivity contribution in [3.05, 3.63) is 35.4 Å². The summed E-state index contributed by atoms with van der Waals surface area (Å²) in [6, 6.07) is 7.07. The van der Waals surface area contributed by atoms with Crippen LogP contribution in [0.15, 0.2) is 24.3 Å². The number of ether oxygens (including phenoxy) is 1. The third kappa shape index (κ3) is 4.06. The smallest absolute Gasteiger partial charge is 0.338 e. The van der Waals surface area contributed by atoms with Gasteiger partial charge in [-0.2, -0.15) is 9.97 Å². The summed E-state index contributed by atoms with van der Waals surface area (Å²) < 4.78 is 9.98. The van der Waals surface area contributed by atoms with Crippen LogP contribution in [-0.4, -0.2) is 43.4 Å². The van der Waals surface area contributed by atoms with Gasteiger partial charge in [0.25, 0.3) is 8.05 Å². The highest BCUT2D eigenvalue weighted by Crippen LogP contribution is 2.40. The molecule has 2 atom stereocenters. The highest BCUT2D eigenvalue weighted by Gasteiger charge is 2.35. The predicted molar refractivity (Wildman–Crippen MR) is 103 cm³/mol.